The number of rotatable bonds is 2. The number of piperidine rings is 1. The van der Waals surface area contributed by atoms with Crippen LogP contribution in [-0.2, 0) is 4.79 Å². The fourth-order valence-corrected chi connectivity index (χ4v) is 4.83. The van der Waals surface area contributed by atoms with Crippen LogP contribution in [0.2, 0.25) is 0 Å². The fourth-order valence-electron chi connectivity index (χ4n) is 4.83. The Balaban J connectivity index is 1.39. The minimum Gasteiger partial charge on any atom is -0.393 e. The van der Waals surface area contributed by atoms with Gasteiger partial charge in [0.25, 0.3) is 0 Å². The summed E-state index contributed by atoms with van der Waals surface area (Å²) in [4.78, 5) is 25.3. The third-order valence-corrected chi connectivity index (χ3v) is 6.56. The smallest absolute Gasteiger partial charge is 0.229 e. The molecule has 1 amide bonds. The first-order chi connectivity index (χ1) is 12.6. The Bertz CT molecular complexity index is 696. The molecule has 2 aliphatic heterocycles. The van der Waals surface area contributed by atoms with Gasteiger partial charge in [-0.2, -0.15) is 0 Å². The molecule has 138 valence electrons. The molecule has 3 fully saturated rings. The van der Waals surface area contributed by atoms with E-state index in [1.54, 1.807) is 12.3 Å². The van der Waals surface area contributed by atoms with E-state index in [1.807, 2.05) is 6.07 Å². The number of nitrogens with zero attached hydrogens (tertiary/aromatic N) is 4. The number of aliphatic hydroxyl groups excluding tert-OH is 1. The molecule has 2 saturated heterocycles. The molecule has 0 bridgehead atoms. The van der Waals surface area contributed by atoms with E-state index in [9.17, 15) is 9.90 Å². The predicted molar refractivity (Wildman–Crippen MR) is 99.0 cm³/mol. The lowest BCUT2D eigenvalue weighted by Gasteiger charge is -2.40. The van der Waals surface area contributed by atoms with Crippen molar-refractivity contribution in [1.82, 2.24) is 9.88 Å². The number of likely N-dealkylation sites (tertiary alicyclic amines) is 1. The molecular formula is C20H26N4O2. The molecule has 1 spiro atoms. The Morgan fingerprint density at radius 1 is 1.12 bits per heavy atom. The van der Waals surface area contributed by atoms with Crippen molar-refractivity contribution in [2.24, 2.45) is 5.41 Å². The quantitative estimate of drug-likeness (QED) is 0.830. The number of aliphatic hydroxyl groups is 1. The van der Waals surface area contributed by atoms with Gasteiger partial charge in [-0.3, -0.25) is 9.78 Å². The SMILES string of the molecule is [C-]#[N+]c1ccc(N2CCC3(CC2)CCN(C2CCC(O)CC2)C3=O)nc1. The molecule has 4 rings (SSSR count). The summed E-state index contributed by atoms with van der Waals surface area (Å²) >= 11 is 0. The van der Waals surface area contributed by atoms with Crippen molar-refractivity contribution in [1.29, 1.82) is 0 Å². The molecule has 0 aromatic carbocycles. The Hall–Kier alpha value is -2.13. The average Bonchev–Trinajstić information content (AvgIpc) is 2.99. The maximum atomic E-state index is 13.2. The highest BCUT2D eigenvalue weighted by Crippen LogP contribution is 2.44. The molecule has 1 aliphatic carbocycles. The summed E-state index contributed by atoms with van der Waals surface area (Å²) in [7, 11) is 0. The molecule has 0 unspecified atom stereocenters. The molecule has 0 radical (unpaired) electrons. The summed E-state index contributed by atoms with van der Waals surface area (Å²) in [6, 6.07) is 4.03. The van der Waals surface area contributed by atoms with Gasteiger partial charge in [0, 0.05) is 31.9 Å². The van der Waals surface area contributed by atoms with Gasteiger partial charge >= 0.3 is 0 Å². The van der Waals surface area contributed by atoms with Crippen LogP contribution in [0.1, 0.15) is 44.9 Å². The zero-order chi connectivity index (χ0) is 18.1. The standard InChI is InChI=1S/C20H26N4O2/c1-21-15-2-7-18(22-14-15)23-11-8-20(9-12-23)10-13-24(19(20)26)16-3-5-17(25)6-4-16/h2,7,14,16-17,25H,3-6,8-13H2. The molecule has 1 aromatic rings. The third-order valence-electron chi connectivity index (χ3n) is 6.56. The summed E-state index contributed by atoms with van der Waals surface area (Å²) < 4.78 is 0. The van der Waals surface area contributed by atoms with E-state index >= 15 is 0 Å². The third kappa shape index (κ3) is 3.05. The van der Waals surface area contributed by atoms with E-state index < -0.39 is 0 Å². The lowest BCUT2D eigenvalue weighted by molar-refractivity contribution is -0.139. The van der Waals surface area contributed by atoms with Gasteiger partial charge in [-0.15, -0.1) is 0 Å². The van der Waals surface area contributed by atoms with Gasteiger partial charge in [0.05, 0.1) is 18.1 Å². The van der Waals surface area contributed by atoms with E-state index in [2.05, 4.69) is 19.6 Å². The molecular weight excluding hydrogens is 328 g/mol. The van der Waals surface area contributed by atoms with Crippen LogP contribution in [0.15, 0.2) is 18.3 Å². The Kier molecular flexibility index (Phi) is 4.58. The number of pyridine rings is 1. The van der Waals surface area contributed by atoms with Gasteiger partial charge in [-0.1, -0.05) is 6.07 Å². The van der Waals surface area contributed by atoms with E-state index in [0.29, 0.717) is 17.6 Å². The molecule has 26 heavy (non-hydrogen) atoms. The number of hydrogen-bond donors (Lipinski definition) is 1. The largest absolute Gasteiger partial charge is 0.393 e. The van der Waals surface area contributed by atoms with Crippen LogP contribution in [0.25, 0.3) is 4.85 Å². The van der Waals surface area contributed by atoms with Gasteiger partial charge in [0.15, 0.2) is 0 Å². The molecule has 3 heterocycles. The highest BCUT2D eigenvalue weighted by atomic mass is 16.3. The Morgan fingerprint density at radius 2 is 1.81 bits per heavy atom. The van der Waals surface area contributed by atoms with Crippen molar-refractivity contribution in [2.75, 3.05) is 24.5 Å². The molecule has 1 aromatic heterocycles. The van der Waals surface area contributed by atoms with Gasteiger partial charge in [0.2, 0.25) is 11.6 Å². The summed E-state index contributed by atoms with van der Waals surface area (Å²) in [6.45, 7) is 9.57. The molecule has 6 heteroatoms. The second-order valence-electron chi connectivity index (χ2n) is 7.96. The maximum Gasteiger partial charge on any atom is 0.229 e. The van der Waals surface area contributed by atoms with E-state index in [4.69, 9.17) is 6.57 Å². The number of anilines is 1. The second kappa shape index (κ2) is 6.88. The molecule has 1 N–H and O–H groups in total. The van der Waals surface area contributed by atoms with Crippen LogP contribution in [0.3, 0.4) is 0 Å². The van der Waals surface area contributed by atoms with E-state index in [0.717, 1.165) is 70.4 Å². The number of carbonyl (C=O) groups is 1. The van der Waals surface area contributed by atoms with Gasteiger partial charge < -0.3 is 14.9 Å². The summed E-state index contributed by atoms with van der Waals surface area (Å²) in [5.74, 6) is 1.24. The predicted octanol–water partition coefficient (Wildman–Crippen LogP) is 2.75. The van der Waals surface area contributed by atoms with Gasteiger partial charge in [-0.05, 0) is 51.0 Å². The van der Waals surface area contributed by atoms with Crippen LogP contribution in [0.4, 0.5) is 11.5 Å². The Morgan fingerprint density at radius 3 is 2.42 bits per heavy atom. The van der Waals surface area contributed by atoms with Gasteiger partial charge in [-0.25, -0.2) is 4.85 Å². The van der Waals surface area contributed by atoms with Crippen molar-refractivity contribution in [3.63, 3.8) is 0 Å². The summed E-state index contributed by atoms with van der Waals surface area (Å²) in [6.07, 6.45) is 7.67. The normalized spacial score (nSPS) is 28.4. The Labute approximate surface area is 154 Å². The number of aromatic nitrogens is 1. The van der Waals surface area contributed by atoms with Crippen molar-refractivity contribution in [3.8, 4) is 0 Å². The first kappa shape index (κ1) is 17.3. The summed E-state index contributed by atoms with van der Waals surface area (Å²) in [5, 5.41) is 9.72. The van der Waals surface area contributed by atoms with Crippen molar-refractivity contribution >= 4 is 17.4 Å². The first-order valence-electron chi connectivity index (χ1n) is 9.69. The second-order valence-corrected chi connectivity index (χ2v) is 7.96. The topological polar surface area (TPSA) is 61.0 Å². The molecule has 6 nitrogen and oxygen atoms in total. The fraction of sp³-hybridized carbons (Fsp3) is 0.650. The first-order valence-corrected chi connectivity index (χ1v) is 9.69. The highest BCUT2D eigenvalue weighted by molar-refractivity contribution is 5.85. The van der Waals surface area contributed by atoms with Crippen LogP contribution in [0, 0.1) is 12.0 Å². The number of hydrogen-bond acceptors (Lipinski definition) is 4. The van der Waals surface area contributed by atoms with Crippen molar-refractivity contribution in [2.45, 2.75) is 57.1 Å². The number of amides is 1. The van der Waals surface area contributed by atoms with E-state index in [1.165, 1.54) is 0 Å². The number of carbonyl (C=O) groups excluding carboxylic acids is 1. The zero-order valence-electron chi connectivity index (χ0n) is 15.1. The van der Waals surface area contributed by atoms with Gasteiger partial charge in [0.1, 0.15) is 5.82 Å². The molecule has 3 aliphatic rings. The summed E-state index contributed by atoms with van der Waals surface area (Å²) in [5.41, 5.74) is 0.365. The minimum atomic E-state index is -0.191. The minimum absolute atomic E-state index is 0.178. The maximum absolute atomic E-state index is 13.2. The lowest BCUT2D eigenvalue weighted by atomic mass is 9.77. The van der Waals surface area contributed by atoms with Crippen LogP contribution in [-0.4, -0.2) is 52.7 Å². The monoisotopic (exact) mass is 354 g/mol. The van der Waals surface area contributed by atoms with Crippen molar-refractivity contribution < 1.29 is 9.90 Å². The van der Waals surface area contributed by atoms with Crippen LogP contribution in [0.5, 0.6) is 0 Å². The van der Waals surface area contributed by atoms with E-state index in [-0.39, 0.29) is 11.5 Å². The average molecular weight is 354 g/mol. The molecule has 1 saturated carbocycles. The zero-order valence-corrected chi connectivity index (χ0v) is 15.1. The highest BCUT2D eigenvalue weighted by Gasteiger charge is 2.50. The van der Waals surface area contributed by atoms with Crippen LogP contribution >= 0.6 is 0 Å². The molecule has 0 atom stereocenters. The van der Waals surface area contributed by atoms with Crippen molar-refractivity contribution in [3.05, 3.63) is 29.7 Å². The van der Waals surface area contributed by atoms with Crippen LogP contribution < -0.4 is 4.90 Å². The lowest BCUT2D eigenvalue weighted by Crippen LogP contribution is -2.47.